The summed E-state index contributed by atoms with van der Waals surface area (Å²) in [6, 6.07) is 7.31. The van der Waals surface area contributed by atoms with Gasteiger partial charge >= 0.3 is 0 Å². The van der Waals surface area contributed by atoms with Crippen LogP contribution in [0.1, 0.15) is 15.4 Å². The molecule has 0 atom stereocenters. The van der Waals surface area contributed by atoms with Gasteiger partial charge in [0.25, 0.3) is 5.91 Å². The maximum Gasteiger partial charge on any atom is 0.263 e. The Morgan fingerprint density at radius 3 is 2.55 bits per heavy atom. The summed E-state index contributed by atoms with van der Waals surface area (Å²) in [5.41, 5.74) is 0.725. The molecule has 1 heterocycles. The lowest BCUT2D eigenvalue weighted by Gasteiger charge is -2.08. The zero-order valence-corrected chi connectivity index (χ0v) is 13.6. The van der Waals surface area contributed by atoms with Crippen molar-refractivity contribution in [2.45, 2.75) is 6.92 Å². The topological polar surface area (TPSA) is 72.5 Å². The third-order valence-corrected chi connectivity index (χ3v) is 4.11. The number of anilines is 1. The highest BCUT2D eigenvalue weighted by atomic mass is 32.1. The smallest absolute Gasteiger partial charge is 0.263 e. The van der Waals surface area contributed by atoms with Gasteiger partial charge in [0, 0.05) is 7.05 Å². The monoisotopic (exact) mass is 321 g/mol. The number of aryl methyl sites for hydroxylation is 1. The Morgan fingerprint density at radius 1 is 1.27 bits per heavy atom. The Balaban J connectivity index is 1.77. The molecule has 7 heteroatoms. The first-order chi connectivity index (χ1) is 10.6. The SMILES string of the molecule is CNc1nc(C)c(C(=O)NCCOc2ccc(OC)cc2)s1. The highest BCUT2D eigenvalue weighted by Crippen LogP contribution is 2.21. The minimum atomic E-state index is -0.130. The molecule has 0 saturated heterocycles. The molecular formula is C15H19N3O3S. The van der Waals surface area contributed by atoms with Crippen molar-refractivity contribution in [3.05, 3.63) is 34.8 Å². The van der Waals surface area contributed by atoms with Gasteiger partial charge in [-0.1, -0.05) is 11.3 Å². The van der Waals surface area contributed by atoms with Crippen molar-refractivity contribution in [3.8, 4) is 11.5 Å². The van der Waals surface area contributed by atoms with E-state index in [-0.39, 0.29) is 5.91 Å². The van der Waals surface area contributed by atoms with E-state index in [1.807, 2.05) is 31.2 Å². The number of ether oxygens (including phenoxy) is 2. The van der Waals surface area contributed by atoms with E-state index >= 15 is 0 Å². The average molecular weight is 321 g/mol. The number of hydrogen-bond donors (Lipinski definition) is 2. The molecule has 0 fully saturated rings. The van der Waals surface area contributed by atoms with Gasteiger partial charge in [0.1, 0.15) is 23.0 Å². The number of carbonyl (C=O) groups excluding carboxylic acids is 1. The molecule has 1 amide bonds. The third-order valence-electron chi connectivity index (χ3n) is 2.93. The van der Waals surface area contributed by atoms with Gasteiger partial charge in [0.15, 0.2) is 5.13 Å². The van der Waals surface area contributed by atoms with Crippen molar-refractivity contribution in [3.63, 3.8) is 0 Å². The maximum atomic E-state index is 12.0. The lowest BCUT2D eigenvalue weighted by Crippen LogP contribution is -2.27. The predicted octanol–water partition coefficient (Wildman–Crippen LogP) is 2.31. The lowest BCUT2D eigenvalue weighted by atomic mass is 10.3. The van der Waals surface area contributed by atoms with E-state index in [1.165, 1.54) is 11.3 Å². The molecule has 0 unspecified atom stereocenters. The Morgan fingerprint density at radius 2 is 1.95 bits per heavy atom. The molecule has 0 aliphatic heterocycles. The van der Waals surface area contributed by atoms with Gasteiger partial charge in [-0.05, 0) is 31.2 Å². The van der Waals surface area contributed by atoms with Crippen LogP contribution in [-0.4, -0.2) is 38.2 Å². The summed E-state index contributed by atoms with van der Waals surface area (Å²) < 4.78 is 10.6. The van der Waals surface area contributed by atoms with Crippen LogP contribution in [0.5, 0.6) is 11.5 Å². The fraction of sp³-hybridized carbons (Fsp3) is 0.333. The Bertz CT molecular complexity index is 625. The van der Waals surface area contributed by atoms with E-state index in [2.05, 4.69) is 15.6 Å². The molecule has 1 aromatic carbocycles. The van der Waals surface area contributed by atoms with Gasteiger partial charge in [-0.2, -0.15) is 0 Å². The average Bonchev–Trinajstić information content (AvgIpc) is 2.93. The zero-order chi connectivity index (χ0) is 15.9. The molecule has 0 bridgehead atoms. The highest BCUT2D eigenvalue weighted by molar-refractivity contribution is 7.17. The number of thiazole rings is 1. The first kappa shape index (κ1) is 16.1. The maximum absolute atomic E-state index is 12.0. The van der Waals surface area contributed by atoms with Gasteiger partial charge in [0.2, 0.25) is 0 Å². The van der Waals surface area contributed by atoms with E-state index in [4.69, 9.17) is 9.47 Å². The number of aromatic nitrogens is 1. The molecular weight excluding hydrogens is 302 g/mol. The summed E-state index contributed by atoms with van der Waals surface area (Å²) >= 11 is 1.34. The molecule has 0 aliphatic rings. The van der Waals surface area contributed by atoms with Crippen LogP contribution in [0.15, 0.2) is 24.3 Å². The van der Waals surface area contributed by atoms with Gasteiger partial charge in [-0.25, -0.2) is 4.98 Å². The number of amides is 1. The summed E-state index contributed by atoms with van der Waals surface area (Å²) in [6.07, 6.45) is 0. The van der Waals surface area contributed by atoms with Crippen LogP contribution in [0.2, 0.25) is 0 Å². The quantitative estimate of drug-likeness (QED) is 0.766. The molecule has 22 heavy (non-hydrogen) atoms. The molecule has 118 valence electrons. The van der Waals surface area contributed by atoms with Crippen molar-refractivity contribution >= 4 is 22.4 Å². The van der Waals surface area contributed by atoms with Crippen LogP contribution < -0.4 is 20.1 Å². The van der Waals surface area contributed by atoms with E-state index in [0.29, 0.717) is 18.0 Å². The number of benzene rings is 1. The third kappa shape index (κ3) is 4.11. The Kier molecular flexibility index (Phi) is 5.60. The van der Waals surface area contributed by atoms with Crippen LogP contribution in [-0.2, 0) is 0 Å². The molecule has 0 spiro atoms. The Hall–Kier alpha value is -2.28. The Labute approximate surface area is 133 Å². The second kappa shape index (κ2) is 7.65. The number of carbonyl (C=O) groups is 1. The minimum absolute atomic E-state index is 0.130. The number of hydrogen-bond acceptors (Lipinski definition) is 6. The van der Waals surface area contributed by atoms with E-state index < -0.39 is 0 Å². The summed E-state index contributed by atoms with van der Waals surface area (Å²) in [5.74, 6) is 1.39. The fourth-order valence-corrected chi connectivity index (χ4v) is 2.64. The predicted molar refractivity (Wildman–Crippen MR) is 87.2 cm³/mol. The molecule has 2 N–H and O–H groups in total. The van der Waals surface area contributed by atoms with Crippen LogP contribution in [0, 0.1) is 6.92 Å². The summed E-state index contributed by atoms with van der Waals surface area (Å²) in [6.45, 7) is 2.64. The van der Waals surface area contributed by atoms with Crippen molar-refractivity contribution in [1.29, 1.82) is 0 Å². The molecule has 2 rings (SSSR count). The first-order valence-corrected chi connectivity index (χ1v) is 7.66. The van der Waals surface area contributed by atoms with Crippen molar-refractivity contribution in [2.75, 3.05) is 32.6 Å². The van der Waals surface area contributed by atoms with E-state index in [1.54, 1.807) is 14.2 Å². The van der Waals surface area contributed by atoms with E-state index in [0.717, 1.165) is 22.3 Å². The van der Waals surface area contributed by atoms with Gasteiger partial charge in [0.05, 0.1) is 19.3 Å². The summed E-state index contributed by atoms with van der Waals surface area (Å²) in [4.78, 5) is 16.9. The second-order valence-corrected chi connectivity index (χ2v) is 5.46. The molecule has 0 aliphatic carbocycles. The van der Waals surface area contributed by atoms with Crippen LogP contribution in [0.4, 0.5) is 5.13 Å². The summed E-state index contributed by atoms with van der Waals surface area (Å²) in [5, 5.41) is 6.49. The van der Waals surface area contributed by atoms with E-state index in [9.17, 15) is 4.79 Å². The number of methoxy groups -OCH3 is 1. The number of nitrogens with one attached hydrogen (secondary N) is 2. The van der Waals surface area contributed by atoms with Gasteiger partial charge < -0.3 is 20.1 Å². The minimum Gasteiger partial charge on any atom is -0.497 e. The van der Waals surface area contributed by atoms with Crippen molar-refractivity contribution in [2.24, 2.45) is 0 Å². The summed E-state index contributed by atoms with van der Waals surface area (Å²) in [7, 11) is 3.40. The van der Waals surface area contributed by atoms with Crippen LogP contribution in [0.25, 0.3) is 0 Å². The molecule has 6 nitrogen and oxygen atoms in total. The standard InChI is InChI=1S/C15H19N3O3S/c1-10-13(22-15(16-2)18-10)14(19)17-8-9-21-12-6-4-11(20-3)5-7-12/h4-7H,8-9H2,1-3H3,(H,16,18)(H,17,19). The molecule has 2 aromatic rings. The van der Waals surface area contributed by atoms with Gasteiger partial charge in [-0.15, -0.1) is 0 Å². The zero-order valence-electron chi connectivity index (χ0n) is 12.8. The van der Waals surface area contributed by atoms with Crippen molar-refractivity contribution < 1.29 is 14.3 Å². The first-order valence-electron chi connectivity index (χ1n) is 6.84. The van der Waals surface area contributed by atoms with Crippen molar-refractivity contribution in [1.82, 2.24) is 10.3 Å². The number of rotatable bonds is 7. The highest BCUT2D eigenvalue weighted by Gasteiger charge is 2.14. The number of nitrogens with zero attached hydrogens (tertiary/aromatic N) is 1. The molecule has 0 saturated carbocycles. The van der Waals surface area contributed by atoms with Crippen LogP contribution in [0.3, 0.4) is 0 Å². The molecule has 0 radical (unpaired) electrons. The normalized spacial score (nSPS) is 10.1. The lowest BCUT2D eigenvalue weighted by molar-refractivity contribution is 0.0950. The second-order valence-electron chi connectivity index (χ2n) is 4.46. The fourth-order valence-electron chi connectivity index (χ4n) is 1.80. The largest absolute Gasteiger partial charge is 0.497 e. The van der Waals surface area contributed by atoms with Crippen LogP contribution >= 0.6 is 11.3 Å². The molecule has 1 aromatic heterocycles. The van der Waals surface area contributed by atoms with Gasteiger partial charge in [-0.3, -0.25) is 4.79 Å².